The van der Waals surface area contributed by atoms with Gasteiger partial charge in [-0.05, 0) is 6.42 Å². The van der Waals surface area contributed by atoms with E-state index in [1.165, 1.54) is 0 Å². The van der Waals surface area contributed by atoms with Crippen molar-refractivity contribution in [2.24, 2.45) is 0 Å². The van der Waals surface area contributed by atoms with Gasteiger partial charge in [0.15, 0.2) is 0 Å². The summed E-state index contributed by atoms with van der Waals surface area (Å²) in [6.07, 6.45) is 1.02. The van der Waals surface area contributed by atoms with Crippen molar-refractivity contribution < 1.29 is 24.9 Å². The van der Waals surface area contributed by atoms with Gasteiger partial charge in [0, 0.05) is 20.5 Å². The van der Waals surface area contributed by atoms with Crippen LogP contribution in [0.3, 0.4) is 0 Å². The standard InChI is InChI=1S/C4H8O2.C2H4O2.CH4O/c1-2-3-4(5)6;1-2(3)4;1-2/h2-3H2,1H3,(H,5,6);1H3,(H,3,4);2H,1H3. The Hall–Kier alpha value is -1.10. The smallest absolute Gasteiger partial charge is 0.303 e. The molecule has 0 aromatic rings. The summed E-state index contributed by atoms with van der Waals surface area (Å²) in [5.41, 5.74) is 0. The van der Waals surface area contributed by atoms with E-state index in [0.29, 0.717) is 6.42 Å². The minimum atomic E-state index is -0.833. The first-order chi connectivity index (χ1) is 5.50. The predicted molar refractivity (Wildman–Crippen MR) is 44.0 cm³/mol. The van der Waals surface area contributed by atoms with Crippen molar-refractivity contribution in [3.05, 3.63) is 0 Å². The number of aliphatic carboxylic acids is 2. The Morgan fingerprint density at radius 2 is 1.42 bits per heavy atom. The number of carboxylic acid groups (broad SMARTS) is 2. The van der Waals surface area contributed by atoms with Gasteiger partial charge in [-0.3, -0.25) is 9.59 Å². The van der Waals surface area contributed by atoms with Crippen LogP contribution in [0.15, 0.2) is 0 Å². The Morgan fingerprint density at radius 3 is 1.42 bits per heavy atom. The molecule has 0 saturated carbocycles. The third kappa shape index (κ3) is 154. The van der Waals surface area contributed by atoms with Crippen LogP contribution in [0.5, 0.6) is 0 Å². The highest BCUT2D eigenvalue weighted by Crippen LogP contribution is 1.82. The fraction of sp³-hybridized carbons (Fsp3) is 0.714. The molecule has 5 nitrogen and oxygen atoms in total. The van der Waals surface area contributed by atoms with Gasteiger partial charge >= 0.3 is 5.97 Å². The van der Waals surface area contributed by atoms with Gasteiger partial charge < -0.3 is 15.3 Å². The van der Waals surface area contributed by atoms with Gasteiger partial charge in [0.25, 0.3) is 5.97 Å². The van der Waals surface area contributed by atoms with Crippen LogP contribution in [0.2, 0.25) is 0 Å². The van der Waals surface area contributed by atoms with Gasteiger partial charge in [0.1, 0.15) is 0 Å². The summed E-state index contributed by atoms with van der Waals surface area (Å²) < 4.78 is 0. The van der Waals surface area contributed by atoms with Crippen LogP contribution in [-0.2, 0) is 9.59 Å². The molecule has 5 heteroatoms. The van der Waals surface area contributed by atoms with Gasteiger partial charge in [-0.2, -0.15) is 0 Å². The fourth-order valence-corrected chi connectivity index (χ4v) is 0.214. The topological polar surface area (TPSA) is 94.8 Å². The van der Waals surface area contributed by atoms with Gasteiger partial charge in [-0.25, -0.2) is 0 Å². The van der Waals surface area contributed by atoms with Crippen LogP contribution < -0.4 is 0 Å². The van der Waals surface area contributed by atoms with E-state index in [1.807, 2.05) is 6.92 Å². The number of hydrogen-bond donors (Lipinski definition) is 3. The normalized spacial score (nSPS) is 6.67. The lowest BCUT2D eigenvalue weighted by atomic mass is 10.4. The molecule has 0 aliphatic heterocycles. The second-order valence-electron chi connectivity index (χ2n) is 1.66. The number of carbonyl (C=O) groups is 2. The Kier molecular flexibility index (Phi) is 23.5. The Labute approximate surface area is 71.6 Å². The first kappa shape index (κ1) is 17.1. The summed E-state index contributed by atoms with van der Waals surface area (Å²) in [5.74, 6) is -1.54. The highest BCUT2D eigenvalue weighted by Gasteiger charge is 1.87. The lowest BCUT2D eigenvalue weighted by Crippen LogP contribution is -1.90. The SMILES string of the molecule is CC(=O)O.CCCC(=O)O.CO. The second-order valence-corrected chi connectivity index (χ2v) is 1.66. The first-order valence-corrected chi connectivity index (χ1v) is 3.36. The molecule has 0 aliphatic carbocycles. The van der Waals surface area contributed by atoms with Crippen LogP contribution in [0.1, 0.15) is 26.7 Å². The van der Waals surface area contributed by atoms with Gasteiger partial charge in [0.05, 0.1) is 0 Å². The van der Waals surface area contributed by atoms with Crippen LogP contribution in [0.25, 0.3) is 0 Å². The molecule has 0 unspecified atom stereocenters. The molecular weight excluding hydrogens is 164 g/mol. The maximum Gasteiger partial charge on any atom is 0.303 e. The van der Waals surface area contributed by atoms with E-state index in [1.54, 1.807) is 0 Å². The lowest BCUT2D eigenvalue weighted by Gasteiger charge is -1.79. The summed E-state index contributed by atoms with van der Waals surface area (Å²) in [4.78, 5) is 18.6. The summed E-state index contributed by atoms with van der Waals surface area (Å²) in [6, 6.07) is 0. The zero-order valence-electron chi connectivity index (χ0n) is 7.57. The predicted octanol–water partition coefficient (Wildman–Crippen LogP) is 0.571. The number of rotatable bonds is 2. The molecule has 0 fully saturated rings. The summed E-state index contributed by atoms with van der Waals surface area (Å²) >= 11 is 0. The van der Waals surface area contributed by atoms with E-state index in [2.05, 4.69) is 0 Å². The molecule has 0 atom stereocenters. The van der Waals surface area contributed by atoms with Crippen molar-refractivity contribution in [1.82, 2.24) is 0 Å². The molecule has 0 rings (SSSR count). The fourth-order valence-electron chi connectivity index (χ4n) is 0.214. The third-order valence-electron chi connectivity index (χ3n) is 0.464. The summed E-state index contributed by atoms with van der Waals surface area (Å²) in [7, 11) is 1.00. The van der Waals surface area contributed by atoms with Crippen molar-refractivity contribution >= 4 is 11.9 Å². The molecule has 0 bridgehead atoms. The molecule has 0 spiro atoms. The summed E-state index contributed by atoms with van der Waals surface area (Å²) in [5, 5.41) is 22.3. The van der Waals surface area contributed by atoms with Crippen molar-refractivity contribution in [3.8, 4) is 0 Å². The Balaban J connectivity index is -0.000000118. The van der Waals surface area contributed by atoms with Gasteiger partial charge in [-0.1, -0.05) is 6.92 Å². The van der Waals surface area contributed by atoms with Crippen molar-refractivity contribution in [2.45, 2.75) is 26.7 Å². The molecule has 0 radical (unpaired) electrons. The van der Waals surface area contributed by atoms with Crippen LogP contribution in [0, 0.1) is 0 Å². The molecule has 0 heterocycles. The number of carboxylic acids is 2. The Bertz CT molecular complexity index is 106. The lowest BCUT2D eigenvalue weighted by molar-refractivity contribution is -0.137. The molecule has 0 aromatic carbocycles. The highest BCUT2D eigenvalue weighted by atomic mass is 16.4. The van der Waals surface area contributed by atoms with Crippen LogP contribution in [0.4, 0.5) is 0 Å². The van der Waals surface area contributed by atoms with Gasteiger partial charge in [0.2, 0.25) is 0 Å². The minimum absolute atomic E-state index is 0.292. The van der Waals surface area contributed by atoms with Gasteiger partial charge in [-0.15, -0.1) is 0 Å². The zero-order chi connectivity index (χ0) is 10.6. The van der Waals surface area contributed by atoms with Crippen molar-refractivity contribution in [2.75, 3.05) is 7.11 Å². The van der Waals surface area contributed by atoms with E-state index in [9.17, 15) is 4.79 Å². The zero-order valence-corrected chi connectivity index (χ0v) is 7.57. The van der Waals surface area contributed by atoms with E-state index in [0.717, 1.165) is 20.5 Å². The average Bonchev–Trinajstić information content (AvgIpc) is 1.90. The Morgan fingerprint density at radius 1 is 1.17 bits per heavy atom. The van der Waals surface area contributed by atoms with Crippen molar-refractivity contribution in [1.29, 1.82) is 0 Å². The van der Waals surface area contributed by atoms with E-state index < -0.39 is 11.9 Å². The maximum atomic E-state index is 9.60. The molecule has 0 aromatic heterocycles. The third-order valence-corrected chi connectivity index (χ3v) is 0.464. The molecular formula is C7H16O5. The number of aliphatic hydroxyl groups excluding tert-OH is 1. The van der Waals surface area contributed by atoms with Crippen LogP contribution >= 0.6 is 0 Å². The molecule has 12 heavy (non-hydrogen) atoms. The molecule has 0 amide bonds. The summed E-state index contributed by atoms with van der Waals surface area (Å²) in [6.45, 7) is 2.92. The van der Waals surface area contributed by atoms with Crippen molar-refractivity contribution in [3.63, 3.8) is 0 Å². The number of aliphatic hydroxyl groups is 1. The van der Waals surface area contributed by atoms with E-state index >= 15 is 0 Å². The molecule has 3 N–H and O–H groups in total. The highest BCUT2D eigenvalue weighted by molar-refractivity contribution is 5.66. The van der Waals surface area contributed by atoms with Crippen LogP contribution in [-0.4, -0.2) is 34.4 Å². The largest absolute Gasteiger partial charge is 0.481 e. The molecule has 74 valence electrons. The first-order valence-electron chi connectivity index (χ1n) is 3.36. The maximum absolute atomic E-state index is 9.60. The van der Waals surface area contributed by atoms with E-state index in [-0.39, 0.29) is 0 Å². The number of hydrogen-bond acceptors (Lipinski definition) is 3. The second kappa shape index (κ2) is 16.5. The minimum Gasteiger partial charge on any atom is -0.481 e. The average molecular weight is 180 g/mol. The molecule has 0 saturated heterocycles. The monoisotopic (exact) mass is 180 g/mol. The molecule has 0 aliphatic rings. The van der Waals surface area contributed by atoms with E-state index in [4.69, 9.17) is 20.1 Å². The quantitative estimate of drug-likeness (QED) is 0.577.